The Morgan fingerprint density at radius 3 is 2.68 bits per heavy atom. The molecule has 0 radical (unpaired) electrons. The smallest absolute Gasteiger partial charge is 0.165 e. The molecular formula is C20H27FO4. The highest BCUT2D eigenvalue weighted by Crippen LogP contribution is 2.23. The third-order valence-corrected chi connectivity index (χ3v) is 3.93. The molecule has 1 rings (SSSR count). The summed E-state index contributed by atoms with van der Waals surface area (Å²) in [5, 5.41) is 28.8. The quantitative estimate of drug-likeness (QED) is 0.564. The van der Waals surface area contributed by atoms with Crippen molar-refractivity contribution in [1.82, 2.24) is 0 Å². The predicted molar refractivity (Wildman–Crippen MR) is 97.8 cm³/mol. The summed E-state index contributed by atoms with van der Waals surface area (Å²) in [6.07, 6.45) is 4.46. The van der Waals surface area contributed by atoms with Crippen molar-refractivity contribution in [3.8, 4) is 5.75 Å². The molecule has 0 saturated carbocycles. The summed E-state index contributed by atoms with van der Waals surface area (Å²) in [5.41, 5.74) is 2.92. The molecule has 0 aliphatic carbocycles. The van der Waals surface area contributed by atoms with E-state index in [1.54, 1.807) is 13.2 Å². The summed E-state index contributed by atoms with van der Waals surface area (Å²) < 4.78 is 18.5. The van der Waals surface area contributed by atoms with Crippen LogP contribution in [0.1, 0.15) is 31.7 Å². The molecule has 0 aliphatic heterocycles. The average Bonchev–Trinajstić information content (AvgIpc) is 2.59. The number of phenolic OH excluding ortho intramolecular Hbond substituents is 1. The topological polar surface area (TPSA) is 69.9 Å². The molecule has 0 fully saturated rings. The summed E-state index contributed by atoms with van der Waals surface area (Å²) in [4.78, 5) is 0. The first-order valence-electron chi connectivity index (χ1n) is 8.26. The molecule has 0 aliphatic rings. The largest absolute Gasteiger partial charge is 0.505 e. The molecule has 0 aromatic heterocycles. The Labute approximate surface area is 148 Å². The van der Waals surface area contributed by atoms with Gasteiger partial charge in [-0.2, -0.15) is 0 Å². The number of phenols is 1. The van der Waals surface area contributed by atoms with Crippen molar-refractivity contribution >= 4 is 6.08 Å². The van der Waals surface area contributed by atoms with Gasteiger partial charge in [0.25, 0.3) is 0 Å². The van der Waals surface area contributed by atoms with Gasteiger partial charge >= 0.3 is 0 Å². The molecule has 0 spiro atoms. The van der Waals surface area contributed by atoms with Crippen LogP contribution < -0.4 is 0 Å². The number of benzene rings is 1. The van der Waals surface area contributed by atoms with Crippen LogP contribution in [0.2, 0.25) is 0 Å². The molecule has 1 aromatic carbocycles. The highest BCUT2D eigenvalue weighted by atomic mass is 19.1. The number of ether oxygens (including phenoxy) is 1. The van der Waals surface area contributed by atoms with Crippen LogP contribution in [0, 0.1) is 5.82 Å². The zero-order valence-electron chi connectivity index (χ0n) is 14.8. The van der Waals surface area contributed by atoms with Crippen molar-refractivity contribution < 1.29 is 24.4 Å². The van der Waals surface area contributed by atoms with Gasteiger partial charge in [-0.1, -0.05) is 37.3 Å². The summed E-state index contributed by atoms with van der Waals surface area (Å²) in [6, 6.07) is 4.24. The number of aromatic hydroxyl groups is 1. The number of aliphatic hydroxyl groups is 2. The maximum absolute atomic E-state index is 13.4. The van der Waals surface area contributed by atoms with Crippen molar-refractivity contribution in [3.63, 3.8) is 0 Å². The average molecular weight is 350 g/mol. The fraction of sp³-hybridized carbons (Fsp3) is 0.400. The number of rotatable bonds is 10. The molecule has 138 valence electrons. The van der Waals surface area contributed by atoms with E-state index in [1.807, 2.05) is 13.0 Å². The highest BCUT2D eigenvalue weighted by Gasteiger charge is 2.14. The van der Waals surface area contributed by atoms with Crippen LogP contribution in [-0.2, 0) is 4.74 Å². The normalized spacial score (nSPS) is 13.8. The molecule has 4 nitrogen and oxygen atoms in total. The van der Waals surface area contributed by atoms with E-state index >= 15 is 0 Å². The number of methoxy groups -OCH3 is 1. The van der Waals surface area contributed by atoms with Crippen LogP contribution >= 0.6 is 0 Å². The molecule has 0 bridgehead atoms. The highest BCUT2D eigenvalue weighted by molar-refractivity contribution is 5.54. The lowest BCUT2D eigenvalue weighted by Crippen LogP contribution is -2.15. The van der Waals surface area contributed by atoms with Crippen molar-refractivity contribution in [3.05, 3.63) is 59.0 Å². The maximum atomic E-state index is 13.4. The van der Waals surface area contributed by atoms with Gasteiger partial charge in [0.15, 0.2) is 11.6 Å². The number of halogens is 1. The molecule has 5 heteroatoms. The minimum Gasteiger partial charge on any atom is -0.505 e. The zero-order valence-corrected chi connectivity index (χ0v) is 14.8. The van der Waals surface area contributed by atoms with Gasteiger partial charge in [-0.05, 0) is 48.1 Å². The van der Waals surface area contributed by atoms with E-state index in [9.17, 15) is 14.6 Å². The molecule has 25 heavy (non-hydrogen) atoms. The van der Waals surface area contributed by atoms with Crippen LogP contribution in [0.25, 0.3) is 6.08 Å². The lowest BCUT2D eigenvalue weighted by molar-refractivity contribution is 0.189. The maximum Gasteiger partial charge on any atom is 0.165 e. The third-order valence-electron chi connectivity index (χ3n) is 3.93. The van der Waals surface area contributed by atoms with Crippen molar-refractivity contribution in [2.75, 3.05) is 20.3 Å². The SMILES string of the molecule is C=C(COC)/C(=C/CO)C(O)CC/C(=C/c1ccc(O)c(F)c1)CC. The van der Waals surface area contributed by atoms with E-state index in [0.29, 0.717) is 29.6 Å². The van der Waals surface area contributed by atoms with Crippen molar-refractivity contribution in [2.45, 2.75) is 32.3 Å². The van der Waals surface area contributed by atoms with Gasteiger partial charge < -0.3 is 20.1 Å². The van der Waals surface area contributed by atoms with Crippen molar-refractivity contribution in [1.29, 1.82) is 0 Å². The second-order valence-corrected chi connectivity index (χ2v) is 5.80. The Bertz CT molecular complexity index is 635. The summed E-state index contributed by atoms with van der Waals surface area (Å²) in [6.45, 7) is 5.96. The number of allylic oxidation sites excluding steroid dienone is 1. The number of hydrogen-bond acceptors (Lipinski definition) is 4. The van der Waals surface area contributed by atoms with E-state index in [4.69, 9.17) is 9.84 Å². The first-order chi connectivity index (χ1) is 11.9. The summed E-state index contributed by atoms with van der Waals surface area (Å²) in [7, 11) is 1.54. The lowest BCUT2D eigenvalue weighted by atomic mass is 9.95. The fourth-order valence-corrected chi connectivity index (χ4v) is 2.55. The molecule has 1 aromatic rings. The Hall–Kier alpha value is -1.95. The molecule has 3 N–H and O–H groups in total. The zero-order chi connectivity index (χ0) is 18.8. The van der Waals surface area contributed by atoms with Crippen LogP contribution in [-0.4, -0.2) is 41.7 Å². The van der Waals surface area contributed by atoms with E-state index in [-0.39, 0.29) is 19.0 Å². The van der Waals surface area contributed by atoms with Gasteiger partial charge in [0, 0.05) is 7.11 Å². The third kappa shape index (κ3) is 6.82. The minimum atomic E-state index is -0.763. The van der Waals surface area contributed by atoms with E-state index < -0.39 is 11.9 Å². The first kappa shape index (κ1) is 21.1. The summed E-state index contributed by atoms with van der Waals surface area (Å²) >= 11 is 0. The first-order valence-corrected chi connectivity index (χ1v) is 8.26. The monoisotopic (exact) mass is 350 g/mol. The second-order valence-electron chi connectivity index (χ2n) is 5.80. The van der Waals surface area contributed by atoms with E-state index in [1.165, 1.54) is 18.2 Å². The van der Waals surface area contributed by atoms with Crippen LogP contribution in [0.4, 0.5) is 4.39 Å². The Kier molecular flexibility index (Phi) is 9.13. The van der Waals surface area contributed by atoms with Gasteiger partial charge in [0.05, 0.1) is 19.3 Å². The lowest BCUT2D eigenvalue weighted by Gasteiger charge is -2.18. The number of aliphatic hydroxyl groups excluding tert-OH is 2. The van der Waals surface area contributed by atoms with E-state index in [2.05, 4.69) is 6.58 Å². The predicted octanol–water partition coefficient (Wildman–Crippen LogP) is 3.59. The molecular weight excluding hydrogens is 323 g/mol. The fourth-order valence-electron chi connectivity index (χ4n) is 2.55. The van der Waals surface area contributed by atoms with Crippen LogP contribution in [0.15, 0.2) is 47.6 Å². The second kappa shape index (κ2) is 10.8. The van der Waals surface area contributed by atoms with Crippen LogP contribution in [0.5, 0.6) is 5.75 Å². The Balaban J connectivity index is 2.80. The minimum absolute atomic E-state index is 0.182. The van der Waals surface area contributed by atoms with Crippen LogP contribution in [0.3, 0.4) is 0 Å². The molecule has 1 unspecified atom stereocenters. The Morgan fingerprint density at radius 1 is 1.40 bits per heavy atom. The molecule has 0 heterocycles. The van der Waals surface area contributed by atoms with Crippen molar-refractivity contribution in [2.24, 2.45) is 0 Å². The molecule has 1 atom stereocenters. The van der Waals surface area contributed by atoms with Gasteiger partial charge in [-0.15, -0.1) is 0 Å². The number of hydrogen-bond donors (Lipinski definition) is 3. The standard InChI is InChI=1S/C20H27FO4/c1-4-15(11-16-6-8-20(24)18(21)12-16)5-7-19(23)17(9-10-22)14(2)13-25-3/h6,8-9,11-12,19,22-24H,2,4-5,7,10,13H2,1,3H3/b15-11+,17-9-. The Morgan fingerprint density at radius 2 is 2.12 bits per heavy atom. The van der Waals surface area contributed by atoms with Gasteiger partial charge in [-0.3, -0.25) is 0 Å². The van der Waals surface area contributed by atoms with Gasteiger partial charge in [0.2, 0.25) is 0 Å². The van der Waals surface area contributed by atoms with Gasteiger partial charge in [0.1, 0.15) is 0 Å². The van der Waals surface area contributed by atoms with Gasteiger partial charge in [-0.25, -0.2) is 4.39 Å². The molecule has 0 saturated heterocycles. The van der Waals surface area contributed by atoms with E-state index in [0.717, 1.165) is 12.0 Å². The molecule has 0 amide bonds. The summed E-state index contributed by atoms with van der Waals surface area (Å²) in [5.74, 6) is -1.03.